The molecule has 0 saturated carbocycles. The van der Waals surface area contributed by atoms with Gasteiger partial charge >= 0.3 is 0 Å². The Balaban J connectivity index is 2.54. The summed E-state index contributed by atoms with van der Waals surface area (Å²) < 4.78 is 0. The summed E-state index contributed by atoms with van der Waals surface area (Å²) in [5.74, 6) is 0. The molecule has 0 aliphatic heterocycles. The van der Waals surface area contributed by atoms with Gasteiger partial charge in [-0.25, -0.2) is 0 Å². The number of rotatable bonds is 1. The summed E-state index contributed by atoms with van der Waals surface area (Å²) in [6.07, 6.45) is 0. The summed E-state index contributed by atoms with van der Waals surface area (Å²) in [5.41, 5.74) is 3.82. The van der Waals surface area contributed by atoms with Gasteiger partial charge in [-0.05, 0) is 35.7 Å². The van der Waals surface area contributed by atoms with Gasteiger partial charge in [0.05, 0.1) is 0 Å². The van der Waals surface area contributed by atoms with Gasteiger partial charge in [0.15, 0.2) is 0 Å². The van der Waals surface area contributed by atoms with Crippen LogP contribution in [0.1, 0.15) is 5.56 Å². The highest BCUT2D eigenvalue weighted by atomic mass is 14.0. The lowest BCUT2D eigenvalue weighted by atomic mass is 10.0. The summed E-state index contributed by atoms with van der Waals surface area (Å²) in [6.45, 7) is 2.12. The van der Waals surface area contributed by atoms with Crippen molar-refractivity contribution in [1.29, 1.82) is 0 Å². The highest BCUT2D eigenvalue weighted by Gasteiger charge is 1.97. The van der Waals surface area contributed by atoms with E-state index in [2.05, 4.69) is 43.3 Å². The van der Waals surface area contributed by atoms with Crippen molar-refractivity contribution in [3.63, 3.8) is 0 Å². The maximum atomic E-state index is 3.10. The predicted octanol–water partition coefficient (Wildman–Crippen LogP) is 3.46. The Morgan fingerprint density at radius 1 is 1.00 bits per heavy atom. The molecular formula is C13H11. The molecule has 63 valence electrons. The molecular weight excluding hydrogens is 156 g/mol. The van der Waals surface area contributed by atoms with E-state index in [1.165, 1.54) is 16.7 Å². The average molecular weight is 167 g/mol. The molecule has 1 radical (unpaired) electrons. The summed E-state index contributed by atoms with van der Waals surface area (Å²) in [4.78, 5) is 0. The van der Waals surface area contributed by atoms with E-state index in [1.54, 1.807) is 0 Å². The lowest BCUT2D eigenvalue weighted by molar-refractivity contribution is 1.45. The summed E-state index contributed by atoms with van der Waals surface area (Å²) in [5, 5.41) is 0. The zero-order chi connectivity index (χ0) is 9.10. The fourth-order valence-electron chi connectivity index (χ4n) is 1.44. The Bertz CT molecular complexity index is 388. The van der Waals surface area contributed by atoms with Gasteiger partial charge in [-0.3, -0.25) is 0 Å². The minimum absolute atomic E-state index is 1.26. The second-order valence-corrected chi connectivity index (χ2v) is 3.11. The SMILES string of the molecule is Cc1cc[c]cc1-c1ccccc1. The maximum Gasteiger partial charge on any atom is -0.0149 e. The third-order valence-corrected chi connectivity index (χ3v) is 2.17. The van der Waals surface area contributed by atoms with Crippen molar-refractivity contribution in [2.45, 2.75) is 6.92 Å². The molecule has 0 unspecified atom stereocenters. The molecule has 0 spiro atoms. The van der Waals surface area contributed by atoms with Gasteiger partial charge < -0.3 is 0 Å². The van der Waals surface area contributed by atoms with E-state index in [4.69, 9.17) is 0 Å². The maximum absolute atomic E-state index is 3.10. The molecule has 0 aliphatic rings. The van der Waals surface area contributed by atoms with Gasteiger partial charge in [0, 0.05) is 0 Å². The zero-order valence-electron chi connectivity index (χ0n) is 7.62. The molecule has 0 amide bonds. The smallest absolute Gasteiger partial charge is 0.0149 e. The minimum atomic E-state index is 1.26. The molecule has 0 fully saturated rings. The minimum Gasteiger partial charge on any atom is -0.0622 e. The Morgan fingerprint density at radius 3 is 2.46 bits per heavy atom. The van der Waals surface area contributed by atoms with Crippen molar-refractivity contribution in [3.8, 4) is 11.1 Å². The van der Waals surface area contributed by atoms with E-state index in [9.17, 15) is 0 Å². The summed E-state index contributed by atoms with van der Waals surface area (Å²) >= 11 is 0. The van der Waals surface area contributed by atoms with E-state index in [-0.39, 0.29) is 0 Å². The van der Waals surface area contributed by atoms with Crippen LogP contribution in [-0.2, 0) is 0 Å². The van der Waals surface area contributed by atoms with Crippen LogP contribution in [0.2, 0.25) is 0 Å². The topological polar surface area (TPSA) is 0 Å². The van der Waals surface area contributed by atoms with Crippen molar-refractivity contribution in [1.82, 2.24) is 0 Å². The molecule has 0 saturated heterocycles. The molecule has 0 heterocycles. The van der Waals surface area contributed by atoms with Gasteiger partial charge in [0.2, 0.25) is 0 Å². The molecule has 2 aromatic carbocycles. The van der Waals surface area contributed by atoms with Crippen LogP contribution in [0.5, 0.6) is 0 Å². The van der Waals surface area contributed by atoms with Crippen molar-refractivity contribution >= 4 is 0 Å². The van der Waals surface area contributed by atoms with Gasteiger partial charge in [-0.1, -0.05) is 42.5 Å². The average Bonchev–Trinajstić information content (AvgIpc) is 2.20. The Labute approximate surface area is 78.9 Å². The van der Waals surface area contributed by atoms with Gasteiger partial charge in [-0.15, -0.1) is 0 Å². The normalized spacial score (nSPS) is 9.92. The monoisotopic (exact) mass is 167 g/mol. The first kappa shape index (κ1) is 8.06. The third kappa shape index (κ3) is 1.62. The first-order chi connectivity index (χ1) is 6.38. The van der Waals surface area contributed by atoms with Crippen LogP contribution in [0, 0.1) is 13.0 Å². The number of hydrogen-bond donors (Lipinski definition) is 0. The van der Waals surface area contributed by atoms with E-state index < -0.39 is 0 Å². The second kappa shape index (κ2) is 3.44. The van der Waals surface area contributed by atoms with Crippen molar-refractivity contribution in [3.05, 3.63) is 60.2 Å². The van der Waals surface area contributed by atoms with Gasteiger partial charge in [0.25, 0.3) is 0 Å². The highest BCUT2D eigenvalue weighted by molar-refractivity contribution is 5.66. The first-order valence-electron chi connectivity index (χ1n) is 4.40. The number of benzene rings is 2. The fourth-order valence-corrected chi connectivity index (χ4v) is 1.44. The molecule has 0 N–H and O–H groups in total. The lowest BCUT2D eigenvalue weighted by Gasteiger charge is -2.03. The van der Waals surface area contributed by atoms with Crippen LogP contribution in [0.3, 0.4) is 0 Å². The molecule has 0 atom stereocenters. The molecule has 0 heteroatoms. The molecule has 2 aromatic rings. The van der Waals surface area contributed by atoms with E-state index in [1.807, 2.05) is 18.2 Å². The highest BCUT2D eigenvalue weighted by Crippen LogP contribution is 2.21. The van der Waals surface area contributed by atoms with Crippen LogP contribution in [0.25, 0.3) is 11.1 Å². The summed E-state index contributed by atoms with van der Waals surface area (Å²) in [7, 11) is 0. The third-order valence-electron chi connectivity index (χ3n) is 2.17. The van der Waals surface area contributed by atoms with Crippen LogP contribution >= 0.6 is 0 Å². The number of hydrogen-bond acceptors (Lipinski definition) is 0. The quantitative estimate of drug-likeness (QED) is 0.610. The van der Waals surface area contributed by atoms with E-state index >= 15 is 0 Å². The van der Waals surface area contributed by atoms with Crippen LogP contribution in [0.15, 0.2) is 48.5 Å². The summed E-state index contributed by atoms with van der Waals surface area (Å²) in [6, 6.07) is 19.6. The standard InChI is InChI=1S/C13H11/c1-11-7-5-6-10-13(11)12-8-3-2-4-9-12/h2-5,7-10H,1H3. The van der Waals surface area contributed by atoms with Crippen molar-refractivity contribution < 1.29 is 0 Å². The Hall–Kier alpha value is -1.56. The molecule has 0 aliphatic carbocycles. The molecule has 0 aromatic heterocycles. The molecule has 2 rings (SSSR count). The van der Waals surface area contributed by atoms with E-state index in [0.29, 0.717) is 0 Å². The van der Waals surface area contributed by atoms with Gasteiger partial charge in [0.1, 0.15) is 0 Å². The van der Waals surface area contributed by atoms with Gasteiger partial charge in [-0.2, -0.15) is 0 Å². The largest absolute Gasteiger partial charge is 0.0622 e. The van der Waals surface area contributed by atoms with Crippen LogP contribution in [0.4, 0.5) is 0 Å². The molecule has 13 heavy (non-hydrogen) atoms. The van der Waals surface area contributed by atoms with Crippen molar-refractivity contribution in [2.75, 3.05) is 0 Å². The predicted molar refractivity (Wildman–Crippen MR) is 55.5 cm³/mol. The lowest BCUT2D eigenvalue weighted by Crippen LogP contribution is -1.80. The second-order valence-electron chi connectivity index (χ2n) is 3.11. The van der Waals surface area contributed by atoms with Crippen LogP contribution < -0.4 is 0 Å². The zero-order valence-corrected chi connectivity index (χ0v) is 7.62. The Kier molecular flexibility index (Phi) is 2.13. The fraction of sp³-hybridized carbons (Fsp3) is 0.0769. The Morgan fingerprint density at radius 2 is 1.77 bits per heavy atom. The van der Waals surface area contributed by atoms with Crippen molar-refractivity contribution in [2.24, 2.45) is 0 Å². The molecule has 0 bridgehead atoms. The van der Waals surface area contributed by atoms with E-state index in [0.717, 1.165) is 0 Å². The number of aryl methyl sites for hydroxylation is 1. The first-order valence-corrected chi connectivity index (χ1v) is 4.40. The molecule has 0 nitrogen and oxygen atoms in total. The van der Waals surface area contributed by atoms with Crippen LogP contribution in [-0.4, -0.2) is 0 Å².